The molecule has 3 rings (SSSR count). The molecule has 0 aliphatic heterocycles. The van der Waals surface area contributed by atoms with Crippen molar-refractivity contribution in [2.24, 2.45) is 5.92 Å². The Morgan fingerprint density at radius 3 is 2.32 bits per heavy atom. The number of rotatable bonds is 5. The van der Waals surface area contributed by atoms with Gasteiger partial charge in [-0.15, -0.1) is 0 Å². The fraction of sp³-hybridized carbons (Fsp3) is 0.467. The summed E-state index contributed by atoms with van der Waals surface area (Å²) in [5.74, 6) is 0.384. The highest BCUT2D eigenvalue weighted by molar-refractivity contribution is 5.94. The summed E-state index contributed by atoms with van der Waals surface area (Å²) in [4.78, 5) is 23.3. The normalized spacial score (nSPS) is 17.9. The Bertz CT molecular complexity index is 487. The monoisotopic (exact) mass is 258 g/mol. The van der Waals surface area contributed by atoms with E-state index >= 15 is 0 Å². The number of carbonyl (C=O) groups excluding carboxylic acids is 2. The molecule has 2 N–H and O–H groups in total. The third-order valence-corrected chi connectivity index (χ3v) is 3.54. The van der Waals surface area contributed by atoms with Crippen LogP contribution < -0.4 is 10.6 Å². The number of nitrogens with one attached hydrogen (secondary N) is 2. The van der Waals surface area contributed by atoms with Gasteiger partial charge in [0.05, 0.1) is 0 Å². The molecular formula is C15H18N2O2. The molecule has 100 valence electrons. The zero-order valence-electron chi connectivity index (χ0n) is 10.8. The van der Waals surface area contributed by atoms with Crippen molar-refractivity contribution in [2.45, 2.75) is 38.3 Å². The second kappa shape index (κ2) is 5.03. The van der Waals surface area contributed by atoms with Crippen molar-refractivity contribution in [3.8, 4) is 0 Å². The second-order valence-electron chi connectivity index (χ2n) is 5.44. The Balaban J connectivity index is 1.52. The van der Waals surface area contributed by atoms with Crippen molar-refractivity contribution in [2.75, 3.05) is 0 Å². The first-order chi connectivity index (χ1) is 9.22. The molecule has 2 aliphatic rings. The number of hydrogen-bond donors (Lipinski definition) is 2. The second-order valence-corrected chi connectivity index (χ2v) is 5.44. The van der Waals surface area contributed by atoms with E-state index in [4.69, 9.17) is 0 Å². The maximum atomic E-state index is 11.8. The van der Waals surface area contributed by atoms with E-state index in [1.807, 2.05) is 24.3 Å². The lowest BCUT2D eigenvalue weighted by atomic mass is 10.1. The van der Waals surface area contributed by atoms with Crippen molar-refractivity contribution in [1.29, 1.82) is 0 Å². The molecule has 2 fully saturated rings. The summed E-state index contributed by atoms with van der Waals surface area (Å²) in [5.41, 5.74) is 1.71. The molecule has 0 saturated heterocycles. The Morgan fingerprint density at radius 1 is 1.05 bits per heavy atom. The molecule has 2 saturated carbocycles. The first-order valence-corrected chi connectivity index (χ1v) is 6.90. The Hall–Kier alpha value is -1.84. The van der Waals surface area contributed by atoms with Crippen LogP contribution in [0.2, 0.25) is 0 Å². The fourth-order valence-electron chi connectivity index (χ4n) is 1.95. The van der Waals surface area contributed by atoms with Crippen molar-refractivity contribution < 1.29 is 9.59 Å². The molecule has 0 radical (unpaired) electrons. The van der Waals surface area contributed by atoms with E-state index in [0.29, 0.717) is 18.2 Å². The minimum atomic E-state index is -0.00364. The largest absolute Gasteiger partial charge is 0.352 e. The smallest absolute Gasteiger partial charge is 0.251 e. The first kappa shape index (κ1) is 12.2. The highest BCUT2D eigenvalue weighted by atomic mass is 16.2. The van der Waals surface area contributed by atoms with Crippen LogP contribution >= 0.6 is 0 Å². The lowest BCUT2D eigenvalue weighted by Crippen LogP contribution is -2.26. The summed E-state index contributed by atoms with van der Waals surface area (Å²) in [6, 6.07) is 7.81. The summed E-state index contributed by atoms with van der Waals surface area (Å²) in [7, 11) is 0. The SMILES string of the molecule is O=C(NC1CC1)c1ccc(CNC(=O)C2CC2)cc1. The number of hydrogen-bond acceptors (Lipinski definition) is 2. The van der Waals surface area contributed by atoms with Crippen LogP contribution in [0, 0.1) is 5.92 Å². The number of benzene rings is 1. The first-order valence-electron chi connectivity index (χ1n) is 6.90. The van der Waals surface area contributed by atoms with Crippen molar-refractivity contribution in [3.63, 3.8) is 0 Å². The summed E-state index contributed by atoms with van der Waals surface area (Å²) in [6.45, 7) is 0.542. The third-order valence-electron chi connectivity index (χ3n) is 3.54. The molecule has 0 bridgehead atoms. The molecule has 1 aromatic carbocycles. The van der Waals surface area contributed by atoms with E-state index in [9.17, 15) is 9.59 Å². The highest BCUT2D eigenvalue weighted by Crippen LogP contribution is 2.28. The lowest BCUT2D eigenvalue weighted by Gasteiger charge is -2.06. The van der Waals surface area contributed by atoms with Gasteiger partial charge in [0.2, 0.25) is 5.91 Å². The Kier molecular flexibility index (Phi) is 3.23. The van der Waals surface area contributed by atoms with E-state index < -0.39 is 0 Å². The molecule has 0 unspecified atom stereocenters. The van der Waals surface area contributed by atoms with E-state index in [0.717, 1.165) is 31.2 Å². The molecule has 4 heteroatoms. The quantitative estimate of drug-likeness (QED) is 0.843. The zero-order valence-corrected chi connectivity index (χ0v) is 10.8. The average Bonchev–Trinajstić information content (AvgIpc) is 3.27. The van der Waals surface area contributed by atoms with Crippen LogP contribution in [0.1, 0.15) is 41.6 Å². The summed E-state index contributed by atoms with van der Waals surface area (Å²) < 4.78 is 0. The maximum Gasteiger partial charge on any atom is 0.251 e. The Labute approximate surface area is 112 Å². The van der Waals surface area contributed by atoms with Gasteiger partial charge in [0.25, 0.3) is 5.91 Å². The van der Waals surface area contributed by atoms with Crippen LogP contribution in [0.4, 0.5) is 0 Å². The minimum Gasteiger partial charge on any atom is -0.352 e. The predicted molar refractivity (Wildman–Crippen MR) is 71.5 cm³/mol. The van der Waals surface area contributed by atoms with Crippen LogP contribution in [0.25, 0.3) is 0 Å². The third kappa shape index (κ3) is 3.34. The molecule has 0 aromatic heterocycles. The van der Waals surface area contributed by atoms with Crippen LogP contribution in [0.5, 0.6) is 0 Å². The molecule has 0 atom stereocenters. The van der Waals surface area contributed by atoms with E-state index in [2.05, 4.69) is 10.6 Å². The van der Waals surface area contributed by atoms with Gasteiger partial charge in [0.15, 0.2) is 0 Å². The van der Waals surface area contributed by atoms with Crippen molar-refractivity contribution in [3.05, 3.63) is 35.4 Å². The molecule has 2 aliphatic carbocycles. The van der Waals surface area contributed by atoms with Crippen LogP contribution in [0.15, 0.2) is 24.3 Å². The predicted octanol–water partition coefficient (Wildman–Crippen LogP) is 1.60. The van der Waals surface area contributed by atoms with Crippen molar-refractivity contribution >= 4 is 11.8 Å². The standard InChI is InChI=1S/C15H18N2O2/c18-14(11-5-6-11)16-9-10-1-3-12(4-2-10)15(19)17-13-7-8-13/h1-4,11,13H,5-9H2,(H,16,18)(H,17,19). The van der Waals surface area contributed by atoms with Gasteiger partial charge in [-0.25, -0.2) is 0 Å². The zero-order chi connectivity index (χ0) is 13.2. The topological polar surface area (TPSA) is 58.2 Å². The summed E-state index contributed by atoms with van der Waals surface area (Å²) in [5, 5.41) is 5.87. The highest BCUT2D eigenvalue weighted by Gasteiger charge is 2.29. The molecule has 0 spiro atoms. The lowest BCUT2D eigenvalue weighted by molar-refractivity contribution is -0.122. The van der Waals surface area contributed by atoms with E-state index in [1.54, 1.807) is 0 Å². The van der Waals surface area contributed by atoms with Gasteiger partial charge in [-0.2, -0.15) is 0 Å². The Morgan fingerprint density at radius 2 is 1.74 bits per heavy atom. The summed E-state index contributed by atoms with van der Waals surface area (Å²) >= 11 is 0. The molecular weight excluding hydrogens is 240 g/mol. The molecule has 19 heavy (non-hydrogen) atoms. The number of amides is 2. The molecule has 4 nitrogen and oxygen atoms in total. The molecule has 2 amide bonds. The summed E-state index contributed by atoms with van der Waals surface area (Å²) in [6.07, 6.45) is 4.23. The number of carbonyl (C=O) groups is 2. The van der Waals surface area contributed by atoms with Gasteiger partial charge in [-0.05, 0) is 43.4 Å². The van der Waals surface area contributed by atoms with Crippen LogP contribution in [0.3, 0.4) is 0 Å². The van der Waals surface area contributed by atoms with Crippen LogP contribution in [-0.4, -0.2) is 17.9 Å². The van der Waals surface area contributed by atoms with Gasteiger partial charge in [0, 0.05) is 24.1 Å². The van der Waals surface area contributed by atoms with Gasteiger partial charge in [0.1, 0.15) is 0 Å². The van der Waals surface area contributed by atoms with Crippen LogP contribution in [-0.2, 0) is 11.3 Å². The van der Waals surface area contributed by atoms with Gasteiger partial charge >= 0.3 is 0 Å². The minimum absolute atomic E-state index is 0.00364. The molecule has 1 aromatic rings. The van der Waals surface area contributed by atoms with Gasteiger partial charge in [-0.3, -0.25) is 9.59 Å². The average molecular weight is 258 g/mol. The maximum absolute atomic E-state index is 11.8. The van der Waals surface area contributed by atoms with E-state index in [-0.39, 0.29) is 17.7 Å². The van der Waals surface area contributed by atoms with E-state index in [1.165, 1.54) is 0 Å². The van der Waals surface area contributed by atoms with Crippen molar-refractivity contribution in [1.82, 2.24) is 10.6 Å². The van der Waals surface area contributed by atoms with Gasteiger partial charge < -0.3 is 10.6 Å². The fourth-order valence-corrected chi connectivity index (χ4v) is 1.95. The van der Waals surface area contributed by atoms with Gasteiger partial charge in [-0.1, -0.05) is 12.1 Å². The molecule has 0 heterocycles.